The number of hydrogen-bond acceptors (Lipinski definition) is 8. The van der Waals surface area contributed by atoms with Gasteiger partial charge in [0.2, 0.25) is 9.84 Å². The topological polar surface area (TPSA) is 114 Å². The Balaban J connectivity index is 1.62. The van der Waals surface area contributed by atoms with Crippen molar-refractivity contribution in [2.24, 2.45) is 0 Å². The number of nitriles is 1. The highest BCUT2D eigenvalue weighted by Gasteiger charge is 2.40. The molecule has 2 aliphatic heterocycles. The highest BCUT2D eigenvalue weighted by atomic mass is 32.2. The molecular formula is C25H24N4O5S. The van der Waals surface area contributed by atoms with Gasteiger partial charge in [-0.25, -0.2) is 13.4 Å². The summed E-state index contributed by atoms with van der Waals surface area (Å²) in [5.41, 5.74) is 0.915. The van der Waals surface area contributed by atoms with Gasteiger partial charge in [0, 0.05) is 32.1 Å². The maximum absolute atomic E-state index is 13.5. The van der Waals surface area contributed by atoms with Crippen molar-refractivity contribution in [2.45, 2.75) is 30.4 Å². The van der Waals surface area contributed by atoms with Crippen molar-refractivity contribution in [1.82, 2.24) is 9.38 Å². The number of sulfone groups is 1. The maximum atomic E-state index is 13.5. The molecule has 5 rings (SSSR count). The molecule has 0 saturated carbocycles. The molecule has 0 amide bonds. The molecule has 9 nitrogen and oxygen atoms in total. The van der Waals surface area contributed by atoms with E-state index in [1.165, 1.54) is 16.5 Å². The lowest BCUT2D eigenvalue weighted by Gasteiger charge is -2.38. The van der Waals surface area contributed by atoms with Crippen LogP contribution in [-0.2, 0) is 19.3 Å². The van der Waals surface area contributed by atoms with E-state index in [4.69, 9.17) is 9.47 Å². The third kappa shape index (κ3) is 4.23. The van der Waals surface area contributed by atoms with Gasteiger partial charge in [0.05, 0.1) is 23.7 Å². The summed E-state index contributed by atoms with van der Waals surface area (Å²) in [5.74, 6) is -0.286. The predicted molar refractivity (Wildman–Crippen MR) is 129 cm³/mol. The second kappa shape index (κ2) is 8.92. The number of nitrogens with zero attached hydrogens (tertiary/aromatic N) is 4. The van der Waals surface area contributed by atoms with Gasteiger partial charge in [0.25, 0.3) is 5.56 Å². The molecule has 1 aromatic carbocycles. The Morgan fingerprint density at radius 2 is 1.80 bits per heavy atom. The van der Waals surface area contributed by atoms with Gasteiger partial charge in [-0.1, -0.05) is 23.8 Å². The van der Waals surface area contributed by atoms with E-state index in [2.05, 4.69) is 4.98 Å². The van der Waals surface area contributed by atoms with Crippen LogP contribution in [0.25, 0.3) is 11.7 Å². The number of piperidine rings is 1. The number of pyridine rings is 1. The fourth-order valence-corrected chi connectivity index (χ4v) is 5.59. The van der Waals surface area contributed by atoms with E-state index in [9.17, 15) is 18.5 Å². The molecule has 0 radical (unpaired) electrons. The SMILES string of the molecule is Cc1ccc(S(=O)(=O)C(C#N)=Cc2c(N3CCC4(CC3)OCCO4)nc3ccccn3c2=O)cc1. The minimum absolute atomic E-state index is 0.0123. The molecule has 0 unspecified atom stereocenters. The summed E-state index contributed by atoms with van der Waals surface area (Å²) in [6.07, 6.45) is 3.88. The van der Waals surface area contributed by atoms with E-state index in [1.54, 1.807) is 42.6 Å². The number of benzene rings is 1. The Hall–Kier alpha value is -3.52. The molecule has 10 heteroatoms. The van der Waals surface area contributed by atoms with Crippen molar-refractivity contribution in [3.8, 4) is 6.07 Å². The molecule has 2 fully saturated rings. The van der Waals surface area contributed by atoms with Crippen LogP contribution in [-0.4, -0.2) is 49.9 Å². The number of fused-ring (bicyclic) bond motifs is 1. The van der Waals surface area contributed by atoms with Crippen LogP contribution in [0.5, 0.6) is 0 Å². The van der Waals surface area contributed by atoms with E-state index in [1.807, 2.05) is 11.8 Å². The molecule has 1 spiro atoms. The number of rotatable bonds is 4. The molecule has 2 saturated heterocycles. The molecule has 2 aromatic heterocycles. The second-order valence-corrected chi connectivity index (χ2v) is 10.5. The van der Waals surface area contributed by atoms with Crippen LogP contribution in [0.2, 0.25) is 0 Å². The van der Waals surface area contributed by atoms with Gasteiger partial charge < -0.3 is 14.4 Å². The summed E-state index contributed by atoms with van der Waals surface area (Å²) in [6.45, 7) is 3.94. The fraction of sp³-hybridized carbons (Fsp3) is 0.320. The molecule has 35 heavy (non-hydrogen) atoms. The van der Waals surface area contributed by atoms with Gasteiger partial charge in [-0.15, -0.1) is 0 Å². The van der Waals surface area contributed by atoms with Gasteiger partial charge >= 0.3 is 0 Å². The minimum atomic E-state index is -4.14. The van der Waals surface area contributed by atoms with Crippen molar-refractivity contribution in [3.63, 3.8) is 0 Å². The molecule has 0 aliphatic carbocycles. The van der Waals surface area contributed by atoms with Crippen molar-refractivity contribution in [2.75, 3.05) is 31.2 Å². The van der Waals surface area contributed by atoms with E-state index in [0.717, 1.165) is 11.6 Å². The lowest BCUT2D eigenvalue weighted by molar-refractivity contribution is -0.169. The number of hydrogen-bond donors (Lipinski definition) is 0. The standard InChI is InChI=1S/C25H24N4O5S/c1-18-5-7-19(8-6-18)35(31,32)20(17-26)16-21-23(27-22-4-2-3-11-29(22)24(21)30)28-12-9-25(10-13-28)33-14-15-34-25/h2-8,11,16H,9-10,12-15H2,1H3. The molecule has 2 aliphatic rings. The number of anilines is 1. The zero-order valence-corrected chi connectivity index (χ0v) is 20.0. The van der Waals surface area contributed by atoms with E-state index in [0.29, 0.717) is 50.6 Å². The van der Waals surface area contributed by atoms with Gasteiger partial charge in [0.15, 0.2) is 5.79 Å². The first-order chi connectivity index (χ1) is 16.8. The molecule has 180 valence electrons. The Bertz CT molecular complexity index is 1500. The Labute approximate surface area is 202 Å². The molecule has 4 heterocycles. The summed E-state index contributed by atoms with van der Waals surface area (Å²) in [4.78, 5) is 19.6. The molecular weight excluding hydrogens is 468 g/mol. The van der Waals surface area contributed by atoms with Crippen LogP contribution in [0.4, 0.5) is 5.82 Å². The summed E-state index contributed by atoms with van der Waals surface area (Å²) in [7, 11) is -4.14. The lowest BCUT2D eigenvalue weighted by atomic mass is 10.0. The minimum Gasteiger partial charge on any atom is -0.355 e. The lowest BCUT2D eigenvalue weighted by Crippen LogP contribution is -2.46. The predicted octanol–water partition coefficient (Wildman–Crippen LogP) is 2.68. The number of allylic oxidation sites excluding steroid dienone is 1. The van der Waals surface area contributed by atoms with Crippen LogP contribution >= 0.6 is 0 Å². The zero-order valence-electron chi connectivity index (χ0n) is 19.2. The van der Waals surface area contributed by atoms with E-state index >= 15 is 0 Å². The normalized spacial score (nSPS) is 18.2. The number of aryl methyl sites for hydroxylation is 1. The average Bonchev–Trinajstić information content (AvgIpc) is 3.32. The van der Waals surface area contributed by atoms with Crippen LogP contribution in [0.1, 0.15) is 24.0 Å². The quantitative estimate of drug-likeness (QED) is 0.511. The average molecular weight is 493 g/mol. The summed E-state index contributed by atoms with van der Waals surface area (Å²) < 4.78 is 39.4. The van der Waals surface area contributed by atoms with Gasteiger partial charge in [-0.2, -0.15) is 5.26 Å². The van der Waals surface area contributed by atoms with Crippen molar-refractivity contribution < 1.29 is 17.9 Å². The van der Waals surface area contributed by atoms with Crippen molar-refractivity contribution >= 4 is 27.4 Å². The van der Waals surface area contributed by atoms with E-state index in [-0.39, 0.29) is 10.5 Å². The van der Waals surface area contributed by atoms with Crippen LogP contribution in [0.15, 0.2) is 63.3 Å². The summed E-state index contributed by atoms with van der Waals surface area (Å²) >= 11 is 0. The first-order valence-corrected chi connectivity index (χ1v) is 12.8. The van der Waals surface area contributed by atoms with Crippen LogP contribution < -0.4 is 10.5 Å². The number of aromatic nitrogens is 2. The van der Waals surface area contributed by atoms with E-state index < -0.39 is 26.1 Å². The zero-order chi connectivity index (χ0) is 24.6. The molecule has 0 atom stereocenters. The monoisotopic (exact) mass is 492 g/mol. The number of ether oxygens (including phenoxy) is 2. The largest absolute Gasteiger partial charge is 0.355 e. The van der Waals surface area contributed by atoms with Crippen LogP contribution in [0, 0.1) is 18.3 Å². The van der Waals surface area contributed by atoms with Crippen molar-refractivity contribution in [3.05, 3.63) is 75.0 Å². The van der Waals surface area contributed by atoms with Gasteiger partial charge in [-0.3, -0.25) is 9.20 Å². The van der Waals surface area contributed by atoms with Crippen LogP contribution in [0.3, 0.4) is 0 Å². The maximum Gasteiger partial charge on any atom is 0.267 e. The molecule has 0 bridgehead atoms. The molecule has 0 N–H and O–H groups in total. The first-order valence-electron chi connectivity index (χ1n) is 11.3. The summed E-state index contributed by atoms with van der Waals surface area (Å²) in [6, 6.07) is 13.2. The summed E-state index contributed by atoms with van der Waals surface area (Å²) in [5, 5.41) is 9.81. The smallest absolute Gasteiger partial charge is 0.267 e. The third-order valence-corrected chi connectivity index (χ3v) is 8.07. The highest BCUT2D eigenvalue weighted by molar-refractivity contribution is 7.95. The van der Waals surface area contributed by atoms with Crippen molar-refractivity contribution in [1.29, 1.82) is 5.26 Å². The Kier molecular flexibility index (Phi) is 5.92. The van der Waals surface area contributed by atoms with Gasteiger partial charge in [-0.05, 0) is 37.3 Å². The fourth-order valence-electron chi connectivity index (χ4n) is 4.45. The molecule has 3 aromatic rings. The first kappa shape index (κ1) is 23.2. The highest BCUT2D eigenvalue weighted by Crippen LogP contribution is 2.34. The Morgan fingerprint density at radius 1 is 1.11 bits per heavy atom. The second-order valence-electron chi connectivity index (χ2n) is 8.61. The Morgan fingerprint density at radius 3 is 2.46 bits per heavy atom. The van der Waals surface area contributed by atoms with Gasteiger partial charge in [0.1, 0.15) is 22.4 Å². The third-order valence-electron chi connectivity index (χ3n) is 6.39.